The molecule has 0 aromatic carbocycles. The van der Waals surface area contributed by atoms with Crippen LogP contribution < -0.4 is 0 Å². The molecule has 13 heavy (non-hydrogen) atoms. The number of hydrogen-bond acceptors (Lipinski definition) is 3. The topological polar surface area (TPSA) is 26.3 Å². The van der Waals surface area contributed by atoms with E-state index in [2.05, 4.69) is 11.3 Å². The summed E-state index contributed by atoms with van der Waals surface area (Å²) in [6, 6.07) is 0. The fourth-order valence-corrected chi connectivity index (χ4v) is 2.69. The molecule has 0 aliphatic carbocycles. The molecule has 1 rings (SSSR count). The number of carbonyl (C=O) groups is 1. The van der Waals surface area contributed by atoms with Gasteiger partial charge in [-0.15, -0.1) is 0 Å². The predicted octanol–water partition coefficient (Wildman–Crippen LogP) is 2.25. The molecule has 1 saturated heterocycles. The molecular weight excluding hydrogens is 184 g/mol. The maximum atomic E-state index is 11.0. The Labute approximate surface area is 83.7 Å². The standard InChI is InChI=1S/C10H16O2S/c1-8(6-10(11)12-2)9-4-3-5-13-7-9/h9H,1,3-7H2,2H3. The lowest BCUT2D eigenvalue weighted by Gasteiger charge is -2.22. The summed E-state index contributed by atoms with van der Waals surface area (Å²) in [6.07, 6.45) is 2.82. The van der Waals surface area contributed by atoms with Crippen molar-refractivity contribution in [2.24, 2.45) is 5.92 Å². The van der Waals surface area contributed by atoms with Crippen LogP contribution in [-0.2, 0) is 9.53 Å². The molecule has 0 aromatic heterocycles. The molecule has 0 bridgehead atoms. The first-order chi connectivity index (χ1) is 6.24. The largest absolute Gasteiger partial charge is 0.469 e. The summed E-state index contributed by atoms with van der Waals surface area (Å²) < 4.78 is 4.61. The Hall–Kier alpha value is -0.440. The highest BCUT2D eigenvalue weighted by Gasteiger charge is 2.18. The van der Waals surface area contributed by atoms with Crippen LogP contribution in [0, 0.1) is 5.92 Å². The second-order valence-electron chi connectivity index (χ2n) is 3.33. The molecule has 3 heteroatoms. The Morgan fingerprint density at radius 2 is 2.46 bits per heavy atom. The van der Waals surface area contributed by atoms with Gasteiger partial charge < -0.3 is 4.74 Å². The zero-order valence-electron chi connectivity index (χ0n) is 8.04. The minimum absolute atomic E-state index is 0.166. The van der Waals surface area contributed by atoms with Gasteiger partial charge in [-0.05, 0) is 30.3 Å². The third-order valence-corrected chi connectivity index (χ3v) is 3.55. The van der Waals surface area contributed by atoms with Gasteiger partial charge >= 0.3 is 5.97 Å². The van der Waals surface area contributed by atoms with Crippen molar-refractivity contribution in [2.45, 2.75) is 19.3 Å². The third-order valence-electron chi connectivity index (χ3n) is 2.34. The molecule has 0 saturated carbocycles. The van der Waals surface area contributed by atoms with Crippen molar-refractivity contribution in [3.63, 3.8) is 0 Å². The fraction of sp³-hybridized carbons (Fsp3) is 0.700. The monoisotopic (exact) mass is 200 g/mol. The van der Waals surface area contributed by atoms with Crippen LogP contribution in [0.3, 0.4) is 0 Å². The van der Waals surface area contributed by atoms with Crippen molar-refractivity contribution in [1.82, 2.24) is 0 Å². The van der Waals surface area contributed by atoms with Gasteiger partial charge in [0.1, 0.15) is 0 Å². The van der Waals surface area contributed by atoms with E-state index in [9.17, 15) is 4.79 Å². The highest BCUT2D eigenvalue weighted by molar-refractivity contribution is 7.99. The molecule has 0 radical (unpaired) electrons. The second-order valence-corrected chi connectivity index (χ2v) is 4.48. The molecule has 1 unspecified atom stereocenters. The lowest BCUT2D eigenvalue weighted by atomic mass is 9.95. The van der Waals surface area contributed by atoms with Gasteiger partial charge in [-0.3, -0.25) is 4.79 Å². The van der Waals surface area contributed by atoms with E-state index in [-0.39, 0.29) is 5.97 Å². The molecule has 74 valence electrons. The smallest absolute Gasteiger partial charge is 0.309 e. The van der Waals surface area contributed by atoms with Gasteiger partial charge in [-0.1, -0.05) is 12.2 Å². The van der Waals surface area contributed by atoms with E-state index < -0.39 is 0 Å². The van der Waals surface area contributed by atoms with Crippen molar-refractivity contribution in [3.8, 4) is 0 Å². The zero-order valence-corrected chi connectivity index (χ0v) is 8.86. The predicted molar refractivity (Wildman–Crippen MR) is 55.8 cm³/mol. The van der Waals surface area contributed by atoms with Crippen molar-refractivity contribution >= 4 is 17.7 Å². The Balaban J connectivity index is 2.33. The number of esters is 1. The normalized spacial score (nSPS) is 22.4. The maximum absolute atomic E-state index is 11.0. The van der Waals surface area contributed by atoms with Crippen molar-refractivity contribution in [2.75, 3.05) is 18.6 Å². The first kappa shape index (κ1) is 10.6. The van der Waals surface area contributed by atoms with Crippen molar-refractivity contribution < 1.29 is 9.53 Å². The maximum Gasteiger partial charge on any atom is 0.309 e. The molecule has 0 aromatic rings. The number of ether oxygens (including phenoxy) is 1. The van der Waals surface area contributed by atoms with Gasteiger partial charge in [0, 0.05) is 0 Å². The van der Waals surface area contributed by atoms with Gasteiger partial charge in [-0.2, -0.15) is 11.8 Å². The molecule has 0 N–H and O–H groups in total. The SMILES string of the molecule is C=C(CC(=O)OC)C1CCCSC1. The van der Waals surface area contributed by atoms with Crippen LogP contribution in [0.2, 0.25) is 0 Å². The van der Waals surface area contributed by atoms with Crippen LogP contribution in [0.4, 0.5) is 0 Å². The Morgan fingerprint density at radius 1 is 1.69 bits per heavy atom. The van der Waals surface area contributed by atoms with Gasteiger partial charge in [-0.25, -0.2) is 0 Å². The molecule has 0 spiro atoms. The summed E-state index contributed by atoms with van der Waals surface area (Å²) in [5.41, 5.74) is 1.04. The number of hydrogen-bond donors (Lipinski definition) is 0. The summed E-state index contributed by atoms with van der Waals surface area (Å²) >= 11 is 1.95. The van der Waals surface area contributed by atoms with E-state index in [1.165, 1.54) is 25.7 Å². The van der Waals surface area contributed by atoms with E-state index in [1.807, 2.05) is 11.8 Å². The highest BCUT2D eigenvalue weighted by atomic mass is 32.2. The van der Waals surface area contributed by atoms with E-state index in [0.717, 1.165) is 11.3 Å². The molecule has 2 nitrogen and oxygen atoms in total. The molecule has 1 aliphatic heterocycles. The number of thioether (sulfide) groups is 1. The molecule has 0 amide bonds. The van der Waals surface area contributed by atoms with Crippen molar-refractivity contribution in [3.05, 3.63) is 12.2 Å². The third kappa shape index (κ3) is 3.43. The lowest BCUT2D eigenvalue weighted by Crippen LogP contribution is -2.15. The first-order valence-corrected chi connectivity index (χ1v) is 5.71. The minimum atomic E-state index is -0.166. The first-order valence-electron chi connectivity index (χ1n) is 4.56. The number of rotatable bonds is 3. The van der Waals surface area contributed by atoms with Gasteiger partial charge in [0.2, 0.25) is 0 Å². The van der Waals surface area contributed by atoms with Crippen LogP contribution in [-0.4, -0.2) is 24.6 Å². The summed E-state index contributed by atoms with van der Waals surface area (Å²) in [4.78, 5) is 11.0. The van der Waals surface area contributed by atoms with Gasteiger partial charge in [0.25, 0.3) is 0 Å². The Morgan fingerprint density at radius 3 is 3.00 bits per heavy atom. The second kappa shape index (κ2) is 5.32. The van der Waals surface area contributed by atoms with Crippen LogP contribution in [0.25, 0.3) is 0 Å². The van der Waals surface area contributed by atoms with E-state index >= 15 is 0 Å². The molecule has 1 aliphatic rings. The molecule has 1 atom stereocenters. The van der Waals surface area contributed by atoms with Crippen LogP contribution in [0.5, 0.6) is 0 Å². The van der Waals surface area contributed by atoms with Gasteiger partial charge in [0.15, 0.2) is 0 Å². The highest BCUT2D eigenvalue weighted by Crippen LogP contribution is 2.28. The summed E-state index contributed by atoms with van der Waals surface area (Å²) in [5.74, 6) is 2.73. The van der Waals surface area contributed by atoms with Gasteiger partial charge in [0.05, 0.1) is 13.5 Å². The summed E-state index contributed by atoms with van der Waals surface area (Å²) in [5, 5.41) is 0. The lowest BCUT2D eigenvalue weighted by molar-refractivity contribution is -0.139. The number of methoxy groups -OCH3 is 1. The van der Waals surface area contributed by atoms with Crippen molar-refractivity contribution in [1.29, 1.82) is 0 Å². The van der Waals surface area contributed by atoms with E-state index in [1.54, 1.807) is 0 Å². The average Bonchev–Trinajstić information content (AvgIpc) is 2.19. The molecule has 1 fully saturated rings. The molecule has 1 heterocycles. The Kier molecular flexibility index (Phi) is 4.36. The van der Waals surface area contributed by atoms with E-state index in [0.29, 0.717) is 12.3 Å². The average molecular weight is 200 g/mol. The molecular formula is C10H16O2S. The van der Waals surface area contributed by atoms with Crippen LogP contribution in [0.1, 0.15) is 19.3 Å². The fourth-order valence-electron chi connectivity index (χ4n) is 1.46. The number of carbonyl (C=O) groups excluding carboxylic acids is 1. The minimum Gasteiger partial charge on any atom is -0.469 e. The van der Waals surface area contributed by atoms with Crippen LogP contribution in [0.15, 0.2) is 12.2 Å². The summed E-state index contributed by atoms with van der Waals surface area (Å²) in [6.45, 7) is 3.95. The zero-order chi connectivity index (χ0) is 9.68. The van der Waals surface area contributed by atoms with Crippen LogP contribution >= 0.6 is 11.8 Å². The quantitative estimate of drug-likeness (QED) is 0.516. The summed E-state index contributed by atoms with van der Waals surface area (Å²) in [7, 11) is 1.42. The Bertz CT molecular complexity index is 195. The van der Waals surface area contributed by atoms with E-state index in [4.69, 9.17) is 0 Å².